The van der Waals surface area contributed by atoms with E-state index in [0.717, 1.165) is 0 Å². The van der Waals surface area contributed by atoms with Gasteiger partial charge in [-0.2, -0.15) is 25.9 Å². The third kappa shape index (κ3) is 2.84. The van der Waals surface area contributed by atoms with Crippen molar-refractivity contribution in [1.82, 2.24) is 5.01 Å². The second-order valence-corrected chi connectivity index (χ2v) is 4.28. The van der Waals surface area contributed by atoms with Crippen LogP contribution < -0.4 is 5.73 Å². The lowest BCUT2D eigenvalue weighted by Gasteiger charge is -2.28. The standard InChI is InChI=1S/C13H9N7OS/c1-9(11-3-2-4-21-11)19-20(12(18)22)13(7-16,8-17)10(5-14)6-15/h2-4,14H,1H3,(H2,18,22)/b19-9-. The van der Waals surface area contributed by atoms with Crippen molar-refractivity contribution in [3.63, 3.8) is 0 Å². The zero-order valence-electron chi connectivity index (χ0n) is 11.4. The molecule has 3 N–H and O–H groups in total. The molecule has 1 rings (SSSR count). The minimum absolute atomic E-state index is 0.273. The Bertz CT molecular complexity index is 768. The fraction of sp³-hybridized carbons (Fsp3) is 0.154. The van der Waals surface area contributed by atoms with Crippen LogP contribution in [-0.4, -0.2) is 27.2 Å². The summed E-state index contributed by atoms with van der Waals surface area (Å²) in [6, 6.07) is 8.03. The monoisotopic (exact) mass is 311 g/mol. The summed E-state index contributed by atoms with van der Waals surface area (Å²) < 4.78 is 5.14. The van der Waals surface area contributed by atoms with Crippen molar-refractivity contribution in [2.75, 3.05) is 0 Å². The highest BCUT2D eigenvalue weighted by Gasteiger charge is 2.44. The fourth-order valence-electron chi connectivity index (χ4n) is 1.51. The molecule has 0 atom stereocenters. The molecule has 0 aromatic carbocycles. The van der Waals surface area contributed by atoms with Crippen LogP contribution in [0.3, 0.4) is 0 Å². The lowest BCUT2D eigenvalue weighted by Crippen LogP contribution is -2.51. The van der Waals surface area contributed by atoms with E-state index in [0.29, 0.717) is 10.8 Å². The van der Waals surface area contributed by atoms with Crippen molar-refractivity contribution in [3.05, 3.63) is 29.7 Å². The lowest BCUT2D eigenvalue weighted by molar-refractivity contribution is 0.360. The molecular formula is C13H9N7OS. The number of thiocarbonyl (C=S) groups is 1. The predicted octanol–water partition coefficient (Wildman–Crippen LogP) is 1.03. The van der Waals surface area contributed by atoms with Crippen molar-refractivity contribution in [2.45, 2.75) is 12.5 Å². The fourth-order valence-corrected chi connectivity index (χ4v) is 1.69. The molecule has 0 bridgehead atoms. The summed E-state index contributed by atoms with van der Waals surface area (Å²) in [5.74, 6) is 2.11. The molecule has 108 valence electrons. The molecule has 0 spiro atoms. The number of furan rings is 1. The zero-order valence-corrected chi connectivity index (χ0v) is 12.2. The number of hydrogen-bond donors (Lipinski definition) is 2. The minimum atomic E-state index is -2.28. The molecule has 0 aliphatic carbocycles. The van der Waals surface area contributed by atoms with Crippen LogP contribution in [0.2, 0.25) is 0 Å². The maximum absolute atomic E-state index is 9.35. The Labute approximate surface area is 131 Å². The smallest absolute Gasteiger partial charge is 0.279 e. The van der Waals surface area contributed by atoms with E-state index >= 15 is 0 Å². The van der Waals surface area contributed by atoms with Crippen molar-refractivity contribution < 1.29 is 4.42 Å². The number of nitrogens with one attached hydrogen (secondary N) is 1. The summed E-state index contributed by atoms with van der Waals surface area (Å²) in [7, 11) is 0. The van der Waals surface area contributed by atoms with Crippen LogP contribution in [0.4, 0.5) is 0 Å². The van der Waals surface area contributed by atoms with Gasteiger partial charge >= 0.3 is 0 Å². The molecule has 0 aliphatic rings. The molecule has 0 unspecified atom stereocenters. The Balaban J connectivity index is 3.55. The largest absolute Gasteiger partial charge is 0.463 e. The topological polar surface area (TPSA) is 150 Å². The number of nitrogens with two attached hydrogens (primary N) is 1. The van der Waals surface area contributed by atoms with Crippen LogP contribution >= 0.6 is 12.2 Å². The third-order valence-corrected chi connectivity index (χ3v) is 2.75. The van der Waals surface area contributed by atoms with E-state index in [1.54, 1.807) is 43.1 Å². The summed E-state index contributed by atoms with van der Waals surface area (Å²) in [6.07, 6.45) is 1.42. The van der Waals surface area contributed by atoms with E-state index in [9.17, 15) is 10.5 Å². The van der Waals surface area contributed by atoms with Gasteiger partial charge in [-0.3, -0.25) is 5.41 Å². The Hall–Kier alpha value is -3.44. The molecule has 22 heavy (non-hydrogen) atoms. The molecule has 0 aliphatic heterocycles. The first-order valence-electron chi connectivity index (χ1n) is 5.68. The quantitative estimate of drug-likeness (QED) is 0.365. The highest BCUT2D eigenvalue weighted by molar-refractivity contribution is 7.80. The number of nitrogens with zero attached hydrogens (tertiary/aromatic N) is 5. The first-order valence-corrected chi connectivity index (χ1v) is 6.09. The predicted molar refractivity (Wildman–Crippen MR) is 80.4 cm³/mol. The van der Waals surface area contributed by atoms with Gasteiger partial charge in [0.25, 0.3) is 5.54 Å². The summed E-state index contributed by atoms with van der Waals surface area (Å²) in [6.45, 7) is 1.55. The molecule has 0 saturated heterocycles. The second kappa shape index (κ2) is 6.83. The number of hydrogen-bond acceptors (Lipinski definition) is 7. The van der Waals surface area contributed by atoms with Gasteiger partial charge in [-0.1, -0.05) is 0 Å². The van der Waals surface area contributed by atoms with Gasteiger partial charge in [0.15, 0.2) is 5.11 Å². The number of rotatable bonds is 4. The SMILES string of the molecule is C/C(=N/N(C(N)=S)C(C#N)(C#N)C(=C=N)C#N)c1ccco1. The molecule has 0 radical (unpaired) electrons. The number of hydrazone groups is 1. The highest BCUT2D eigenvalue weighted by atomic mass is 32.1. The van der Waals surface area contributed by atoms with Gasteiger partial charge in [-0.25, -0.2) is 0 Å². The van der Waals surface area contributed by atoms with Gasteiger partial charge in [-0.15, -0.1) is 0 Å². The Kier molecular flexibility index (Phi) is 5.16. The molecule has 8 nitrogen and oxygen atoms in total. The van der Waals surface area contributed by atoms with E-state index < -0.39 is 16.2 Å². The van der Waals surface area contributed by atoms with Gasteiger partial charge in [0, 0.05) is 0 Å². The second-order valence-electron chi connectivity index (χ2n) is 3.86. The zero-order chi connectivity index (χ0) is 16.8. The van der Waals surface area contributed by atoms with E-state index in [4.69, 9.17) is 33.0 Å². The lowest BCUT2D eigenvalue weighted by atomic mass is 9.94. The maximum atomic E-state index is 9.35. The first kappa shape index (κ1) is 16.6. The molecular weight excluding hydrogens is 302 g/mol. The van der Waals surface area contributed by atoms with Gasteiger partial charge in [0.1, 0.15) is 35.3 Å². The average molecular weight is 311 g/mol. The van der Waals surface area contributed by atoms with Gasteiger partial charge in [-0.05, 0) is 37.1 Å². The van der Waals surface area contributed by atoms with Crippen molar-refractivity contribution in [3.8, 4) is 18.2 Å². The molecule has 1 aromatic rings. The van der Waals surface area contributed by atoms with E-state index in [-0.39, 0.29) is 5.71 Å². The van der Waals surface area contributed by atoms with Crippen molar-refractivity contribution in [1.29, 1.82) is 21.2 Å². The third-order valence-electron chi connectivity index (χ3n) is 2.58. The van der Waals surface area contributed by atoms with E-state index in [1.807, 2.05) is 0 Å². The van der Waals surface area contributed by atoms with Crippen LogP contribution in [0.5, 0.6) is 0 Å². The molecule has 1 aromatic heterocycles. The number of nitriles is 3. The summed E-state index contributed by atoms with van der Waals surface area (Å²) >= 11 is 4.81. The first-order chi connectivity index (χ1) is 10.5. The summed E-state index contributed by atoms with van der Waals surface area (Å²) in [5.41, 5.74) is 2.94. The van der Waals surface area contributed by atoms with Crippen LogP contribution in [0, 0.1) is 39.4 Å². The minimum Gasteiger partial charge on any atom is -0.463 e. The van der Waals surface area contributed by atoms with Crippen LogP contribution in [-0.2, 0) is 0 Å². The van der Waals surface area contributed by atoms with Crippen LogP contribution in [0.25, 0.3) is 0 Å². The Morgan fingerprint density at radius 1 is 1.45 bits per heavy atom. The van der Waals surface area contributed by atoms with Crippen LogP contribution in [0.1, 0.15) is 12.7 Å². The van der Waals surface area contributed by atoms with Gasteiger partial charge in [0.05, 0.1) is 6.26 Å². The van der Waals surface area contributed by atoms with Crippen LogP contribution in [0.15, 0.2) is 33.5 Å². The highest BCUT2D eigenvalue weighted by Crippen LogP contribution is 2.23. The molecule has 1 heterocycles. The Morgan fingerprint density at radius 2 is 2.09 bits per heavy atom. The average Bonchev–Trinajstić information content (AvgIpc) is 3.05. The van der Waals surface area contributed by atoms with E-state index in [2.05, 4.69) is 5.10 Å². The van der Waals surface area contributed by atoms with Gasteiger partial charge < -0.3 is 10.2 Å². The molecule has 0 fully saturated rings. The summed E-state index contributed by atoms with van der Waals surface area (Å²) in [4.78, 5) is 0. The molecule has 0 saturated carbocycles. The molecule has 0 amide bonds. The van der Waals surface area contributed by atoms with E-state index in [1.165, 1.54) is 6.26 Å². The normalized spacial score (nSPS) is 10.5. The summed E-state index contributed by atoms with van der Waals surface area (Å²) in [5, 5.41) is 39.1. The maximum Gasteiger partial charge on any atom is 0.279 e. The van der Waals surface area contributed by atoms with Gasteiger partial charge in [0.2, 0.25) is 0 Å². The molecule has 9 heteroatoms. The van der Waals surface area contributed by atoms with Crippen molar-refractivity contribution >= 4 is 28.9 Å². The Morgan fingerprint density at radius 3 is 2.45 bits per heavy atom. The van der Waals surface area contributed by atoms with Crippen molar-refractivity contribution in [2.24, 2.45) is 10.8 Å².